The van der Waals surface area contributed by atoms with Crippen LogP contribution in [0.2, 0.25) is 0 Å². The van der Waals surface area contributed by atoms with Crippen molar-refractivity contribution < 1.29 is 0 Å². The second kappa shape index (κ2) is 6.38. The van der Waals surface area contributed by atoms with E-state index in [0.717, 1.165) is 18.1 Å². The summed E-state index contributed by atoms with van der Waals surface area (Å²) < 4.78 is 0. The van der Waals surface area contributed by atoms with Crippen molar-refractivity contribution >= 4 is 5.82 Å². The fourth-order valence-electron chi connectivity index (χ4n) is 2.90. The van der Waals surface area contributed by atoms with Crippen LogP contribution >= 0.6 is 0 Å². The second-order valence-corrected chi connectivity index (χ2v) is 5.92. The number of hydrogen-bond donors (Lipinski definition) is 1. The Labute approximate surface area is 117 Å². The van der Waals surface area contributed by atoms with Crippen molar-refractivity contribution in [2.24, 2.45) is 0 Å². The largest absolute Gasteiger partial charge is 0.351 e. The molecule has 1 aliphatic heterocycles. The standard InChI is InChI=1S/C16H27N3/c1-5-15-10-9-13(4)19(15)16-8-6-7-14(18-16)11-17-12(2)3/h6-8,12-13,15,17H,5,9-11H2,1-4H3. The quantitative estimate of drug-likeness (QED) is 0.881. The van der Waals surface area contributed by atoms with Crippen molar-refractivity contribution in [3.8, 4) is 0 Å². The SMILES string of the molecule is CCC1CCC(C)N1c1cccc(CNC(C)C)n1. The summed E-state index contributed by atoms with van der Waals surface area (Å²) in [5, 5.41) is 3.43. The lowest BCUT2D eigenvalue weighted by Crippen LogP contribution is -2.35. The number of pyridine rings is 1. The van der Waals surface area contributed by atoms with Gasteiger partial charge in [0.05, 0.1) is 5.69 Å². The van der Waals surface area contributed by atoms with E-state index in [4.69, 9.17) is 4.98 Å². The van der Waals surface area contributed by atoms with Crippen LogP contribution in [0.3, 0.4) is 0 Å². The number of aromatic nitrogens is 1. The van der Waals surface area contributed by atoms with E-state index in [9.17, 15) is 0 Å². The smallest absolute Gasteiger partial charge is 0.129 e. The molecule has 3 nitrogen and oxygen atoms in total. The zero-order valence-corrected chi connectivity index (χ0v) is 12.7. The van der Waals surface area contributed by atoms with Gasteiger partial charge in [0.1, 0.15) is 5.82 Å². The maximum Gasteiger partial charge on any atom is 0.129 e. The molecular formula is C16H27N3. The summed E-state index contributed by atoms with van der Waals surface area (Å²) in [6.07, 6.45) is 3.79. The molecule has 0 amide bonds. The zero-order valence-electron chi connectivity index (χ0n) is 12.7. The van der Waals surface area contributed by atoms with Gasteiger partial charge in [-0.2, -0.15) is 0 Å². The first-order chi connectivity index (χ1) is 9.11. The lowest BCUT2D eigenvalue weighted by molar-refractivity contribution is 0.577. The first-order valence-electron chi connectivity index (χ1n) is 7.59. The van der Waals surface area contributed by atoms with Crippen LogP contribution in [-0.4, -0.2) is 23.1 Å². The molecule has 1 aromatic heterocycles. The van der Waals surface area contributed by atoms with Crippen molar-refractivity contribution in [2.75, 3.05) is 4.90 Å². The molecule has 1 aromatic rings. The Bertz CT molecular complexity index is 403. The van der Waals surface area contributed by atoms with E-state index in [2.05, 4.69) is 56.1 Å². The van der Waals surface area contributed by atoms with Gasteiger partial charge < -0.3 is 10.2 Å². The zero-order chi connectivity index (χ0) is 13.8. The van der Waals surface area contributed by atoms with Crippen LogP contribution in [0.15, 0.2) is 18.2 Å². The van der Waals surface area contributed by atoms with Crippen LogP contribution in [0.4, 0.5) is 5.82 Å². The summed E-state index contributed by atoms with van der Waals surface area (Å²) >= 11 is 0. The van der Waals surface area contributed by atoms with Crippen molar-refractivity contribution in [3.05, 3.63) is 23.9 Å². The molecule has 2 rings (SSSR count). The van der Waals surface area contributed by atoms with E-state index in [0.29, 0.717) is 18.1 Å². The van der Waals surface area contributed by atoms with Gasteiger partial charge in [-0.05, 0) is 38.3 Å². The highest BCUT2D eigenvalue weighted by Gasteiger charge is 2.30. The highest BCUT2D eigenvalue weighted by molar-refractivity contribution is 5.43. The average Bonchev–Trinajstić information content (AvgIpc) is 2.78. The number of nitrogens with zero attached hydrogens (tertiary/aromatic N) is 2. The molecule has 1 aliphatic rings. The van der Waals surface area contributed by atoms with Crippen LogP contribution < -0.4 is 10.2 Å². The summed E-state index contributed by atoms with van der Waals surface area (Å²) in [4.78, 5) is 7.35. The van der Waals surface area contributed by atoms with E-state index in [1.54, 1.807) is 0 Å². The van der Waals surface area contributed by atoms with E-state index >= 15 is 0 Å². The Morgan fingerprint density at radius 1 is 1.37 bits per heavy atom. The van der Waals surface area contributed by atoms with Gasteiger partial charge >= 0.3 is 0 Å². The molecule has 1 N–H and O–H groups in total. The Morgan fingerprint density at radius 3 is 2.84 bits per heavy atom. The molecule has 2 heterocycles. The van der Waals surface area contributed by atoms with Gasteiger partial charge in [0.25, 0.3) is 0 Å². The van der Waals surface area contributed by atoms with E-state index in [1.807, 2.05) is 0 Å². The highest BCUT2D eigenvalue weighted by atomic mass is 15.3. The molecule has 0 bridgehead atoms. The molecule has 1 fully saturated rings. The monoisotopic (exact) mass is 261 g/mol. The summed E-state index contributed by atoms with van der Waals surface area (Å²) in [5.74, 6) is 1.15. The van der Waals surface area contributed by atoms with Gasteiger partial charge in [0, 0.05) is 24.7 Å². The summed E-state index contributed by atoms with van der Waals surface area (Å²) in [5.41, 5.74) is 1.14. The molecule has 3 heteroatoms. The van der Waals surface area contributed by atoms with Gasteiger partial charge in [-0.1, -0.05) is 26.8 Å². The minimum atomic E-state index is 0.500. The van der Waals surface area contributed by atoms with Gasteiger partial charge in [-0.15, -0.1) is 0 Å². The van der Waals surface area contributed by atoms with Crippen LogP contribution in [0.1, 0.15) is 52.7 Å². The van der Waals surface area contributed by atoms with Crippen molar-refractivity contribution in [1.29, 1.82) is 0 Å². The molecule has 19 heavy (non-hydrogen) atoms. The van der Waals surface area contributed by atoms with Crippen LogP contribution in [0, 0.1) is 0 Å². The lowest BCUT2D eigenvalue weighted by Gasteiger charge is -2.29. The average molecular weight is 261 g/mol. The summed E-state index contributed by atoms with van der Waals surface area (Å²) in [6, 6.07) is 8.18. The topological polar surface area (TPSA) is 28.2 Å². The maximum absolute atomic E-state index is 4.84. The molecule has 2 atom stereocenters. The molecule has 2 unspecified atom stereocenters. The molecule has 0 spiro atoms. The van der Waals surface area contributed by atoms with Gasteiger partial charge in [-0.25, -0.2) is 4.98 Å². The molecule has 106 valence electrons. The predicted octanol–water partition coefficient (Wildman–Crippen LogP) is 3.35. The molecule has 0 aromatic carbocycles. The normalized spacial score (nSPS) is 23.3. The second-order valence-electron chi connectivity index (χ2n) is 5.92. The van der Waals surface area contributed by atoms with Crippen molar-refractivity contribution in [2.45, 2.75) is 71.6 Å². The minimum absolute atomic E-state index is 0.500. The molecule has 1 saturated heterocycles. The molecular weight excluding hydrogens is 234 g/mol. The first kappa shape index (κ1) is 14.3. The summed E-state index contributed by atoms with van der Waals surface area (Å²) in [7, 11) is 0. The Morgan fingerprint density at radius 2 is 2.16 bits per heavy atom. The van der Waals surface area contributed by atoms with Crippen LogP contribution in [0.5, 0.6) is 0 Å². The number of nitrogens with one attached hydrogen (secondary N) is 1. The van der Waals surface area contributed by atoms with Crippen molar-refractivity contribution in [3.63, 3.8) is 0 Å². The molecule has 0 saturated carbocycles. The van der Waals surface area contributed by atoms with Crippen molar-refractivity contribution in [1.82, 2.24) is 10.3 Å². The van der Waals surface area contributed by atoms with Gasteiger partial charge in [0.2, 0.25) is 0 Å². The number of rotatable bonds is 5. The third-order valence-corrected chi connectivity index (χ3v) is 4.01. The fraction of sp³-hybridized carbons (Fsp3) is 0.688. The predicted molar refractivity (Wildman–Crippen MR) is 81.5 cm³/mol. The van der Waals surface area contributed by atoms with E-state index < -0.39 is 0 Å². The van der Waals surface area contributed by atoms with Gasteiger partial charge in [-0.3, -0.25) is 0 Å². The molecule has 0 aliphatic carbocycles. The fourth-order valence-corrected chi connectivity index (χ4v) is 2.90. The number of hydrogen-bond acceptors (Lipinski definition) is 3. The van der Waals surface area contributed by atoms with Crippen LogP contribution in [0.25, 0.3) is 0 Å². The van der Waals surface area contributed by atoms with Crippen LogP contribution in [-0.2, 0) is 6.54 Å². The highest BCUT2D eigenvalue weighted by Crippen LogP contribution is 2.30. The summed E-state index contributed by atoms with van der Waals surface area (Å²) in [6.45, 7) is 9.78. The minimum Gasteiger partial charge on any atom is -0.351 e. The Balaban J connectivity index is 2.13. The van der Waals surface area contributed by atoms with E-state index in [-0.39, 0.29) is 0 Å². The lowest BCUT2D eigenvalue weighted by atomic mass is 10.1. The van der Waals surface area contributed by atoms with Gasteiger partial charge in [0.15, 0.2) is 0 Å². The Kier molecular flexibility index (Phi) is 4.81. The third kappa shape index (κ3) is 3.47. The maximum atomic E-state index is 4.84. The molecule has 0 radical (unpaired) electrons. The van der Waals surface area contributed by atoms with E-state index in [1.165, 1.54) is 19.3 Å². The third-order valence-electron chi connectivity index (χ3n) is 4.01. The Hall–Kier alpha value is -1.09. The first-order valence-corrected chi connectivity index (χ1v) is 7.59. The number of anilines is 1.